The first-order chi connectivity index (χ1) is 16.0. The second-order valence-corrected chi connectivity index (χ2v) is 7.34. The van der Waals surface area contributed by atoms with Gasteiger partial charge in [-0.2, -0.15) is 0 Å². The number of benzene rings is 3. The molecule has 0 fully saturated rings. The van der Waals surface area contributed by atoms with Gasteiger partial charge in [0.2, 0.25) is 5.91 Å². The number of carbonyl (C=O) groups is 2. The average molecular weight is 448 g/mol. The third-order valence-corrected chi connectivity index (χ3v) is 4.72. The maximum absolute atomic E-state index is 12.4. The molecular weight excluding hydrogens is 418 g/mol. The van der Waals surface area contributed by atoms with Crippen molar-refractivity contribution in [1.82, 2.24) is 0 Å². The van der Waals surface area contributed by atoms with Crippen molar-refractivity contribution in [3.63, 3.8) is 0 Å². The van der Waals surface area contributed by atoms with Gasteiger partial charge in [-0.05, 0) is 62.4 Å². The molecule has 0 saturated carbocycles. The van der Waals surface area contributed by atoms with E-state index in [0.29, 0.717) is 42.5 Å². The molecule has 0 aliphatic heterocycles. The highest BCUT2D eigenvalue weighted by Gasteiger charge is 2.08. The van der Waals surface area contributed by atoms with Gasteiger partial charge >= 0.3 is 0 Å². The number of para-hydroxylation sites is 2. The Morgan fingerprint density at radius 2 is 1.58 bits per heavy atom. The normalized spacial score (nSPS) is 10.4. The lowest BCUT2D eigenvalue weighted by molar-refractivity contribution is -0.114. The van der Waals surface area contributed by atoms with Crippen LogP contribution in [0.2, 0.25) is 0 Å². The maximum atomic E-state index is 12.4. The van der Waals surface area contributed by atoms with Crippen LogP contribution in [0, 0.1) is 6.92 Å². The Kier molecular flexibility index (Phi) is 8.85. The van der Waals surface area contributed by atoms with Crippen molar-refractivity contribution in [2.75, 3.05) is 42.3 Å². The molecule has 0 radical (unpaired) electrons. The topological polar surface area (TPSA) is 88.7 Å². The van der Waals surface area contributed by atoms with E-state index in [0.717, 1.165) is 11.3 Å². The molecule has 33 heavy (non-hydrogen) atoms. The first kappa shape index (κ1) is 23.8. The van der Waals surface area contributed by atoms with Crippen molar-refractivity contribution in [1.29, 1.82) is 0 Å². The summed E-state index contributed by atoms with van der Waals surface area (Å²) in [4.78, 5) is 24.7. The fourth-order valence-electron chi connectivity index (χ4n) is 3.10. The summed E-state index contributed by atoms with van der Waals surface area (Å²) >= 11 is 0. The molecule has 3 rings (SSSR count). The predicted molar refractivity (Wildman–Crippen MR) is 131 cm³/mol. The Hall–Kier alpha value is -3.84. The van der Waals surface area contributed by atoms with Gasteiger partial charge in [0.05, 0.1) is 18.8 Å². The van der Waals surface area contributed by atoms with Crippen LogP contribution < -0.4 is 20.7 Å². The molecule has 0 aliphatic carbocycles. The van der Waals surface area contributed by atoms with Crippen molar-refractivity contribution >= 4 is 28.9 Å². The van der Waals surface area contributed by atoms with Gasteiger partial charge in [0.25, 0.3) is 5.91 Å². The summed E-state index contributed by atoms with van der Waals surface area (Å²) in [6, 6.07) is 21.8. The number of aryl methyl sites for hydroxylation is 1. The number of carbonyl (C=O) groups excluding carboxylic acids is 2. The van der Waals surface area contributed by atoms with E-state index in [9.17, 15) is 9.59 Å². The molecule has 7 heteroatoms. The van der Waals surface area contributed by atoms with Gasteiger partial charge in [0.15, 0.2) is 0 Å². The monoisotopic (exact) mass is 447 g/mol. The van der Waals surface area contributed by atoms with Gasteiger partial charge in [0.1, 0.15) is 12.4 Å². The molecule has 0 heterocycles. The van der Waals surface area contributed by atoms with E-state index >= 15 is 0 Å². The van der Waals surface area contributed by atoms with E-state index in [1.54, 1.807) is 30.3 Å². The Morgan fingerprint density at radius 3 is 2.30 bits per heavy atom. The summed E-state index contributed by atoms with van der Waals surface area (Å²) < 4.78 is 11.0. The third kappa shape index (κ3) is 7.66. The number of anilines is 3. The first-order valence-corrected chi connectivity index (χ1v) is 10.9. The number of hydrogen-bond donors (Lipinski definition) is 3. The van der Waals surface area contributed by atoms with E-state index in [-0.39, 0.29) is 18.4 Å². The van der Waals surface area contributed by atoms with E-state index in [4.69, 9.17) is 9.47 Å². The standard InChI is InChI=1S/C26H29N3O4/c1-3-32-15-16-33-24-10-5-4-9-23(24)27-18-25(30)28-21-11-13-22(14-12-21)29-26(31)20-8-6-7-19(2)17-20/h4-14,17,27H,3,15-16,18H2,1-2H3,(H,28,30)(H,29,31). The van der Waals surface area contributed by atoms with Crippen LogP contribution >= 0.6 is 0 Å². The van der Waals surface area contributed by atoms with Crippen LogP contribution in [0.15, 0.2) is 72.8 Å². The molecule has 3 N–H and O–H groups in total. The molecular formula is C26H29N3O4. The van der Waals surface area contributed by atoms with Crippen molar-refractivity contribution in [3.8, 4) is 5.75 Å². The van der Waals surface area contributed by atoms with Crippen molar-refractivity contribution in [2.45, 2.75) is 13.8 Å². The van der Waals surface area contributed by atoms with Crippen molar-refractivity contribution in [2.24, 2.45) is 0 Å². The van der Waals surface area contributed by atoms with E-state index in [2.05, 4.69) is 16.0 Å². The Bertz CT molecular complexity index is 1070. The quantitative estimate of drug-likeness (QED) is 0.371. The molecule has 0 spiro atoms. The Labute approximate surface area is 194 Å². The molecule has 7 nitrogen and oxygen atoms in total. The minimum Gasteiger partial charge on any atom is -0.489 e. The highest BCUT2D eigenvalue weighted by atomic mass is 16.5. The van der Waals surface area contributed by atoms with Crippen LogP contribution in [0.4, 0.5) is 17.1 Å². The van der Waals surface area contributed by atoms with E-state index in [1.165, 1.54) is 0 Å². The van der Waals surface area contributed by atoms with Crippen LogP contribution in [0.25, 0.3) is 0 Å². The lowest BCUT2D eigenvalue weighted by Crippen LogP contribution is -2.22. The van der Waals surface area contributed by atoms with Crippen LogP contribution in [-0.4, -0.2) is 38.2 Å². The fraction of sp³-hybridized carbons (Fsp3) is 0.231. The molecule has 3 aromatic carbocycles. The predicted octanol–water partition coefficient (Wildman–Crippen LogP) is 4.71. The van der Waals surface area contributed by atoms with Crippen LogP contribution in [0.1, 0.15) is 22.8 Å². The number of rotatable bonds is 11. The SMILES string of the molecule is CCOCCOc1ccccc1NCC(=O)Nc1ccc(NC(=O)c2cccc(C)c2)cc1. The van der Waals surface area contributed by atoms with Gasteiger partial charge in [-0.3, -0.25) is 9.59 Å². The highest BCUT2D eigenvalue weighted by molar-refractivity contribution is 6.04. The summed E-state index contributed by atoms with van der Waals surface area (Å²) in [6.07, 6.45) is 0. The molecule has 0 bridgehead atoms. The molecule has 0 unspecified atom stereocenters. The maximum Gasteiger partial charge on any atom is 0.255 e. The zero-order valence-electron chi connectivity index (χ0n) is 18.9. The Morgan fingerprint density at radius 1 is 0.848 bits per heavy atom. The Balaban J connectivity index is 1.49. The minimum atomic E-state index is -0.198. The fourth-order valence-corrected chi connectivity index (χ4v) is 3.10. The minimum absolute atomic E-state index is 0.0810. The second-order valence-electron chi connectivity index (χ2n) is 7.34. The summed E-state index contributed by atoms with van der Waals surface area (Å²) in [6.45, 7) is 5.54. The molecule has 0 atom stereocenters. The molecule has 0 aliphatic rings. The summed E-state index contributed by atoms with van der Waals surface area (Å²) in [7, 11) is 0. The number of nitrogens with one attached hydrogen (secondary N) is 3. The summed E-state index contributed by atoms with van der Waals surface area (Å²) in [5.41, 5.74) is 3.64. The molecule has 172 valence electrons. The summed E-state index contributed by atoms with van der Waals surface area (Å²) in [5, 5.41) is 8.79. The largest absolute Gasteiger partial charge is 0.489 e. The summed E-state index contributed by atoms with van der Waals surface area (Å²) in [5.74, 6) is 0.288. The van der Waals surface area contributed by atoms with Gasteiger partial charge < -0.3 is 25.4 Å². The number of ether oxygens (including phenoxy) is 2. The smallest absolute Gasteiger partial charge is 0.255 e. The second kappa shape index (κ2) is 12.3. The van der Waals surface area contributed by atoms with Gasteiger partial charge in [-0.1, -0.05) is 29.8 Å². The third-order valence-electron chi connectivity index (χ3n) is 4.72. The van der Waals surface area contributed by atoms with Gasteiger partial charge in [-0.25, -0.2) is 0 Å². The lowest BCUT2D eigenvalue weighted by atomic mass is 10.1. The van der Waals surface area contributed by atoms with E-state index in [1.807, 2.05) is 56.3 Å². The highest BCUT2D eigenvalue weighted by Crippen LogP contribution is 2.23. The zero-order valence-corrected chi connectivity index (χ0v) is 18.9. The van der Waals surface area contributed by atoms with Crippen molar-refractivity contribution in [3.05, 3.63) is 83.9 Å². The lowest BCUT2D eigenvalue weighted by Gasteiger charge is -2.13. The van der Waals surface area contributed by atoms with E-state index < -0.39 is 0 Å². The molecule has 3 aromatic rings. The first-order valence-electron chi connectivity index (χ1n) is 10.9. The molecule has 0 saturated heterocycles. The molecule has 0 aromatic heterocycles. The van der Waals surface area contributed by atoms with Crippen LogP contribution in [0.3, 0.4) is 0 Å². The van der Waals surface area contributed by atoms with Crippen LogP contribution in [0.5, 0.6) is 5.75 Å². The number of hydrogen-bond acceptors (Lipinski definition) is 5. The van der Waals surface area contributed by atoms with Gasteiger partial charge in [0, 0.05) is 23.5 Å². The number of amides is 2. The average Bonchev–Trinajstić information content (AvgIpc) is 2.82. The van der Waals surface area contributed by atoms with Crippen molar-refractivity contribution < 1.29 is 19.1 Å². The van der Waals surface area contributed by atoms with Crippen LogP contribution in [-0.2, 0) is 9.53 Å². The zero-order chi connectivity index (χ0) is 23.5. The molecule has 2 amide bonds. The van der Waals surface area contributed by atoms with Gasteiger partial charge in [-0.15, -0.1) is 0 Å².